The summed E-state index contributed by atoms with van der Waals surface area (Å²) in [7, 11) is 0. The van der Waals surface area contributed by atoms with Crippen molar-refractivity contribution >= 4 is 17.2 Å². The molecule has 1 amide bonds. The molecule has 23 heavy (non-hydrogen) atoms. The predicted molar refractivity (Wildman–Crippen MR) is 77.6 cm³/mol. The number of halogens is 4. The van der Waals surface area contributed by atoms with Gasteiger partial charge in [0.15, 0.2) is 0 Å². The Kier molecular flexibility index (Phi) is 4.76. The standard InChI is InChI=1S/C15H13F4NO2S/c1-14(22,9-5-6-23-7-9)8-20-13(21)10-3-2-4-11(12(10)16)15(17,18)19/h2-7,22H,8H2,1H3,(H,20,21). The van der Waals surface area contributed by atoms with Gasteiger partial charge in [-0.3, -0.25) is 4.79 Å². The Balaban J connectivity index is 2.16. The molecule has 0 fully saturated rings. The van der Waals surface area contributed by atoms with E-state index < -0.39 is 34.6 Å². The van der Waals surface area contributed by atoms with Crippen LogP contribution in [0.5, 0.6) is 0 Å². The topological polar surface area (TPSA) is 49.3 Å². The fraction of sp³-hybridized carbons (Fsp3) is 0.267. The summed E-state index contributed by atoms with van der Waals surface area (Å²) in [6, 6.07) is 4.13. The normalized spacial score (nSPS) is 14.3. The molecule has 8 heteroatoms. The molecule has 0 aliphatic heterocycles. The highest BCUT2D eigenvalue weighted by atomic mass is 32.1. The average molecular weight is 347 g/mol. The molecule has 3 nitrogen and oxygen atoms in total. The molecule has 0 radical (unpaired) electrons. The summed E-state index contributed by atoms with van der Waals surface area (Å²) < 4.78 is 51.8. The van der Waals surface area contributed by atoms with E-state index in [0.29, 0.717) is 11.6 Å². The first kappa shape index (κ1) is 17.4. The SMILES string of the molecule is CC(O)(CNC(=O)c1cccc(C(F)(F)F)c1F)c1ccsc1. The van der Waals surface area contributed by atoms with Gasteiger partial charge in [0.05, 0.1) is 17.7 Å². The number of carbonyl (C=O) groups is 1. The smallest absolute Gasteiger partial charge is 0.384 e. The van der Waals surface area contributed by atoms with Crippen LogP contribution in [0.15, 0.2) is 35.0 Å². The maximum absolute atomic E-state index is 13.9. The van der Waals surface area contributed by atoms with E-state index in [2.05, 4.69) is 5.32 Å². The molecule has 2 N–H and O–H groups in total. The van der Waals surface area contributed by atoms with Gasteiger partial charge in [0, 0.05) is 0 Å². The largest absolute Gasteiger partial charge is 0.419 e. The molecule has 1 aromatic carbocycles. The Morgan fingerprint density at radius 3 is 2.57 bits per heavy atom. The number of carbonyl (C=O) groups excluding carboxylic acids is 1. The lowest BCUT2D eigenvalue weighted by Gasteiger charge is -2.23. The van der Waals surface area contributed by atoms with E-state index in [4.69, 9.17) is 0 Å². The molecule has 0 bridgehead atoms. The first-order valence-corrected chi connectivity index (χ1v) is 7.46. The van der Waals surface area contributed by atoms with E-state index in [1.165, 1.54) is 18.3 Å². The second-order valence-electron chi connectivity index (χ2n) is 5.13. The summed E-state index contributed by atoms with van der Waals surface area (Å²) in [6.07, 6.45) is -4.89. The number of hydrogen-bond donors (Lipinski definition) is 2. The highest BCUT2D eigenvalue weighted by Gasteiger charge is 2.36. The molecular weight excluding hydrogens is 334 g/mol. The zero-order valence-corrected chi connectivity index (χ0v) is 12.8. The second kappa shape index (κ2) is 6.29. The average Bonchev–Trinajstić information content (AvgIpc) is 2.99. The Labute approximate surface area is 133 Å². The van der Waals surface area contributed by atoms with E-state index >= 15 is 0 Å². The van der Waals surface area contributed by atoms with Gasteiger partial charge in [-0.25, -0.2) is 4.39 Å². The van der Waals surface area contributed by atoms with Crippen LogP contribution >= 0.6 is 11.3 Å². The van der Waals surface area contributed by atoms with Crippen LogP contribution in [-0.2, 0) is 11.8 Å². The third-order valence-corrected chi connectivity index (χ3v) is 3.97. The highest BCUT2D eigenvalue weighted by Crippen LogP contribution is 2.32. The van der Waals surface area contributed by atoms with Gasteiger partial charge in [0.1, 0.15) is 11.4 Å². The van der Waals surface area contributed by atoms with Gasteiger partial charge in [-0.1, -0.05) is 6.07 Å². The maximum atomic E-state index is 13.9. The number of hydrogen-bond acceptors (Lipinski definition) is 3. The van der Waals surface area contributed by atoms with Gasteiger partial charge < -0.3 is 10.4 Å². The van der Waals surface area contributed by atoms with Crippen molar-refractivity contribution in [3.8, 4) is 0 Å². The molecule has 0 spiro atoms. The van der Waals surface area contributed by atoms with Gasteiger partial charge in [0.2, 0.25) is 0 Å². The van der Waals surface area contributed by atoms with E-state index in [1.54, 1.807) is 16.8 Å². The monoisotopic (exact) mass is 347 g/mol. The third kappa shape index (κ3) is 3.89. The number of thiophene rings is 1. The molecule has 1 unspecified atom stereocenters. The number of nitrogens with one attached hydrogen (secondary N) is 1. The molecular formula is C15H13F4NO2S. The van der Waals surface area contributed by atoms with Crippen molar-refractivity contribution in [2.75, 3.05) is 6.54 Å². The van der Waals surface area contributed by atoms with Crippen LogP contribution < -0.4 is 5.32 Å². The van der Waals surface area contributed by atoms with E-state index in [0.717, 1.165) is 12.1 Å². The fourth-order valence-corrected chi connectivity index (χ4v) is 2.73. The first-order chi connectivity index (χ1) is 10.6. The molecule has 124 valence electrons. The Morgan fingerprint density at radius 2 is 2.00 bits per heavy atom. The van der Waals surface area contributed by atoms with E-state index in [1.807, 2.05) is 0 Å². The van der Waals surface area contributed by atoms with Crippen molar-refractivity contribution in [2.24, 2.45) is 0 Å². The molecule has 1 atom stereocenters. The lowest BCUT2D eigenvalue weighted by atomic mass is 9.99. The van der Waals surface area contributed by atoms with Gasteiger partial charge in [-0.05, 0) is 41.4 Å². The van der Waals surface area contributed by atoms with Crippen LogP contribution in [0.1, 0.15) is 28.4 Å². The summed E-state index contributed by atoms with van der Waals surface area (Å²) in [5, 5.41) is 15.9. The summed E-state index contributed by atoms with van der Waals surface area (Å²) in [5.74, 6) is -2.66. The minimum Gasteiger partial charge on any atom is -0.384 e. The Morgan fingerprint density at radius 1 is 1.30 bits per heavy atom. The fourth-order valence-electron chi connectivity index (χ4n) is 1.95. The summed E-state index contributed by atoms with van der Waals surface area (Å²) in [5.41, 5.74) is -3.09. The molecule has 0 saturated carbocycles. The lowest BCUT2D eigenvalue weighted by Crippen LogP contribution is -2.38. The van der Waals surface area contributed by atoms with Crippen molar-refractivity contribution < 1.29 is 27.5 Å². The lowest BCUT2D eigenvalue weighted by molar-refractivity contribution is -0.140. The minimum absolute atomic E-state index is 0.266. The van der Waals surface area contributed by atoms with Gasteiger partial charge >= 0.3 is 6.18 Å². The van der Waals surface area contributed by atoms with E-state index in [-0.39, 0.29) is 6.54 Å². The number of benzene rings is 1. The molecule has 0 saturated heterocycles. The van der Waals surface area contributed by atoms with Gasteiger partial charge in [0.25, 0.3) is 5.91 Å². The second-order valence-corrected chi connectivity index (χ2v) is 5.91. The number of rotatable bonds is 4. The molecule has 1 aromatic heterocycles. The quantitative estimate of drug-likeness (QED) is 0.831. The van der Waals surface area contributed by atoms with Crippen molar-refractivity contribution in [2.45, 2.75) is 18.7 Å². The van der Waals surface area contributed by atoms with Crippen LogP contribution in [0.2, 0.25) is 0 Å². The molecule has 0 aliphatic carbocycles. The number of aliphatic hydroxyl groups is 1. The van der Waals surface area contributed by atoms with Crippen LogP contribution in [-0.4, -0.2) is 17.6 Å². The highest BCUT2D eigenvalue weighted by molar-refractivity contribution is 7.08. The summed E-state index contributed by atoms with van der Waals surface area (Å²) in [6.45, 7) is 1.18. The molecule has 1 heterocycles. The summed E-state index contributed by atoms with van der Waals surface area (Å²) >= 11 is 1.35. The minimum atomic E-state index is -4.89. The number of amides is 1. The van der Waals surface area contributed by atoms with Crippen molar-refractivity contribution in [1.82, 2.24) is 5.32 Å². The summed E-state index contributed by atoms with van der Waals surface area (Å²) in [4.78, 5) is 11.9. The van der Waals surface area contributed by atoms with E-state index in [9.17, 15) is 27.5 Å². The first-order valence-electron chi connectivity index (χ1n) is 6.52. The van der Waals surface area contributed by atoms with Crippen LogP contribution in [0.4, 0.5) is 17.6 Å². The zero-order chi connectivity index (χ0) is 17.3. The van der Waals surface area contributed by atoms with Gasteiger partial charge in [-0.15, -0.1) is 0 Å². The molecule has 2 rings (SSSR count). The van der Waals surface area contributed by atoms with Crippen molar-refractivity contribution in [1.29, 1.82) is 0 Å². The molecule has 0 aliphatic rings. The van der Waals surface area contributed by atoms with Gasteiger partial charge in [-0.2, -0.15) is 24.5 Å². The van der Waals surface area contributed by atoms with Crippen LogP contribution in [0, 0.1) is 5.82 Å². The Bertz CT molecular complexity index is 696. The Hall–Kier alpha value is -1.93. The number of alkyl halides is 3. The molecule has 2 aromatic rings. The van der Waals surface area contributed by atoms with Crippen molar-refractivity contribution in [3.05, 3.63) is 57.5 Å². The maximum Gasteiger partial charge on any atom is 0.419 e. The zero-order valence-electron chi connectivity index (χ0n) is 11.9. The van der Waals surface area contributed by atoms with Crippen LogP contribution in [0.3, 0.4) is 0 Å². The predicted octanol–water partition coefficient (Wildman–Crippen LogP) is 3.54. The van der Waals surface area contributed by atoms with Crippen LogP contribution in [0.25, 0.3) is 0 Å². The van der Waals surface area contributed by atoms with Crippen molar-refractivity contribution in [3.63, 3.8) is 0 Å². The third-order valence-electron chi connectivity index (χ3n) is 3.28.